The third kappa shape index (κ3) is 5.29. The Morgan fingerprint density at radius 2 is 1.79 bits per heavy atom. The molecule has 0 radical (unpaired) electrons. The maximum atomic E-state index is 12.6. The minimum absolute atomic E-state index is 0.0889. The molecule has 2 N–H and O–H groups in total. The summed E-state index contributed by atoms with van der Waals surface area (Å²) in [7, 11) is -1.97. The molecule has 1 saturated heterocycles. The van der Waals surface area contributed by atoms with Gasteiger partial charge < -0.3 is 10.3 Å². The number of H-pyrrole nitrogens is 1. The number of benzene rings is 2. The number of carbonyl (C=O) groups is 1. The SMILES string of the molecule is CC(C)N(C)S(=O)(=O)c1ccc(NC(=O)CN2CCC(c3cc4ccccc4[nH]3)CC2)cc1. The third-order valence-electron chi connectivity index (χ3n) is 6.49. The van der Waals surface area contributed by atoms with Crippen molar-refractivity contribution in [3.05, 3.63) is 60.3 Å². The lowest BCUT2D eigenvalue weighted by Gasteiger charge is -2.31. The summed E-state index contributed by atoms with van der Waals surface area (Å²) in [5, 5.41) is 4.13. The monoisotopic (exact) mass is 468 g/mol. The van der Waals surface area contributed by atoms with Gasteiger partial charge in [0, 0.05) is 35.9 Å². The largest absolute Gasteiger partial charge is 0.358 e. The molecule has 0 saturated carbocycles. The standard InChI is InChI=1S/C25H32N4O3S/c1-18(2)28(3)33(31,32)22-10-8-21(9-11-22)26-25(30)17-29-14-12-19(13-15-29)24-16-20-6-4-5-7-23(20)27-24/h4-11,16,18-19,27H,12-15,17H2,1-3H3,(H,26,30). The van der Waals surface area contributed by atoms with Gasteiger partial charge in [0.15, 0.2) is 0 Å². The summed E-state index contributed by atoms with van der Waals surface area (Å²) in [4.78, 5) is 18.5. The molecular weight excluding hydrogens is 436 g/mol. The first kappa shape index (κ1) is 23.5. The summed E-state index contributed by atoms with van der Waals surface area (Å²) in [5.74, 6) is 0.393. The smallest absolute Gasteiger partial charge is 0.243 e. The van der Waals surface area contributed by atoms with Gasteiger partial charge in [0.2, 0.25) is 15.9 Å². The van der Waals surface area contributed by atoms with E-state index in [0.717, 1.165) is 25.9 Å². The molecule has 0 bridgehead atoms. The van der Waals surface area contributed by atoms with Crippen LogP contribution < -0.4 is 5.32 Å². The lowest BCUT2D eigenvalue weighted by atomic mass is 9.93. The molecule has 2 heterocycles. The number of nitrogens with one attached hydrogen (secondary N) is 2. The van der Waals surface area contributed by atoms with Crippen molar-refractivity contribution in [2.24, 2.45) is 0 Å². The fraction of sp³-hybridized carbons (Fsp3) is 0.400. The second-order valence-electron chi connectivity index (χ2n) is 9.05. The molecule has 7 nitrogen and oxygen atoms in total. The molecule has 1 aromatic heterocycles. The van der Waals surface area contributed by atoms with E-state index in [1.807, 2.05) is 19.9 Å². The van der Waals surface area contributed by atoms with Crippen LogP contribution in [0.25, 0.3) is 10.9 Å². The van der Waals surface area contributed by atoms with Crippen molar-refractivity contribution in [1.82, 2.24) is 14.2 Å². The van der Waals surface area contributed by atoms with Gasteiger partial charge in [0.25, 0.3) is 0 Å². The zero-order chi connectivity index (χ0) is 23.6. The number of para-hydroxylation sites is 1. The minimum Gasteiger partial charge on any atom is -0.358 e. The molecule has 176 valence electrons. The van der Waals surface area contributed by atoms with E-state index in [1.54, 1.807) is 19.2 Å². The van der Waals surface area contributed by atoms with Crippen molar-refractivity contribution in [3.63, 3.8) is 0 Å². The highest BCUT2D eigenvalue weighted by atomic mass is 32.2. The van der Waals surface area contributed by atoms with E-state index in [-0.39, 0.29) is 16.8 Å². The van der Waals surface area contributed by atoms with Crippen LogP contribution in [0.3, 0.4) is 0 Å². The van der Waals surface area contributed by atoms with E-state index in [1.165, 1.54) is 33.0 Å². The van der Waals surface area contributed by atoms with Crippen LogP contribution >= 0.6 is 0 Å². The lowest BCUT2D eigenvalue weighted by Crippen LogP contribution is -2.38. The quantitative estimate of drug-likeness (QED) is 0.549. The molecule has 33 heavy (non-hydrogen) atoms. The van der Waals surface area contributed by atoms with Crippen LogP contribution in [0.15, 0.2) is 59.5 Å². The van der Waals surface area contributed by atoms with Crippen LogP contribution in [-0.4, -0.2) is 61.2 Å². The topological polar surface area (TPSA) is 85.5 Å². The second kappa shape index (κ2) is 9.67. The summed E-state index contributed by atoms with van der Waals surface area (Å²) >= 11 is 0. The summed E-state index contributed by atoms with van der Waals surface area (Å²) in [6, 6.07) is 16.8. The molecule has 1 fully saturated rings. The van der Waals surface area contributed by atoms with Gasteiger partial charge in [0.05, 0.1) is 11.4 Å². The van der Waals surface area contributed by atoms with Gasteiger partial charge in [-0.2, -0.15) is 4.31 Å². The highest BCUT2D eigenvalue weighted by molar-refractivity contribution is 7.89. The molecule has 0 atom stereocenters. The van der Waals surface area contributed by atoms with Gasteiger partial charge in [-0.15, -0.1) is 0 Å². The molecule has 1 aliphatic rings. The summed E-state index contributed by atoms with van der Waals surface area (Å²) in [6.45, 7) is 5.72. The summed E-state index contributed by atoms with van der Waals surface area (Å²) in [6.07, 6.45) is 2.02. The number of hydrogen-bond donors (Lipinski definition) is 2. The van der Waals surface area contributed by atoms with E-state index < -0.39 is 10.0 Å². The van der Waals surface area contributed by atoms with Crippen LogP contribution in [0.5, 0.6) is 0 Å². The average Bonchev–Trinajstić information content (AvgIpc) is 3.23. The highest BCUT2D eigenvalue weighted by Crippen LogP contribution is 2.30. The van der Waals surface area contributed by atoms with Crippen LogP contribution in [-0.2, 0) is 14.8 Å². The van der Waals surface area contributed by atoms with Crippen molar-refractivity contribution in [3.8, 4) is 0 Å². The first-order valence-electron chi connectivity index (χ1n) is 11.4. The number of rotatable bonds is 7. The molecule has 0 unspecified atom stereocenters. The van der Waals surface area contributed by atoms with Gasteiger partial charge in [-0.1, -0.05) is 18.2 Å². The van der Waals surface area contributed by atoms with E-state index in [9.17, 15) is 13.2 Å². The first-order valence-corrected chi connectivity index (χ1v) is 12.9. The van der Waals surface area contributed by atoms with E-state index in [2.05, 4.69) is 39.5 Å². The number of fused-ring (bicyclic) bond motifs is 1. The number of aromatic amines is 1. The summed E-state index contributed by atoms with van der Waals surface area (Å²) in [5.41, 5.74) is 3.04. The first-order chi connectivity index (χ1) is 15.7. The molecule has 1 amide bonds. The predicted molar refractivity (Wildman–Crippen MR) is 132 cm³/mol. The second-order valence-corrected chi connectivity index (χ2v) is 11.0. The zero-order valence-corrected chi connectivity index (χ0v) is 20.2. The summed E-state index contributed by atoms with van der Waals surface area (Å²) < 4.78 is 26.5. The normalized spacial score (nSPS) is 16.0. The van der Waals surface area contributed by atoms with Crippen LogP contribution in [0.1, 0.15) is 38.3 Å². The van der Waals surface area contributed by atoms with E-state index in [0.29, 0.717) is 18.2 Å². The fourth-order valence-corrected chi connectivity index (χ4v) is 5.64. The van der Waals surface area contributed by atoms with Crippen LogP contribution in [0.4, 0.5) is 5.69 Å². The Hall–Kier alpha value is -2.68. The Bertz CT molecular complexity index is 1180. The maximum Gasteiger partial charge on any atom is 0.243 e. The molecule has 8 heteroatoms. The van der Waals surface area contributed by atoms with Crippen molar-refractivity contribution in [2.45, 2.75) is 43.5 Å². The molecular formula is C25H32N4O3S. The fourth-order valence-electron chi connectivity index (χ4n) is 4.28. The van der Waals surface area contributed by atoms with E-state index in [4.69, 9.17) is 0 Å². The number of hydrogen-bond acceptors (Lipinski definition) is 4. The van der Waals surface area contributed by atoms with Gasteiger partial charge in [-0.25, -0.2) is 8.42 Å². The van der Waals surface area contributed by atoms with Crippen molar-refractivity contribution < 1.29 is 13.2 Å². The van der Waals surface area contributed by atoms with Gasteiger partial charge in [-0.3, -0.25) is 9.69 Å². The molecule has 0 spiro atoms. The Morgan fingerprint density at radius 1 is 1.12 bits per heavy atom. The van der Waals surface area contributed by atoms with Crippen LogP contribution in [0.2, 0.25) is 0 Å². The van der Waals surface area contributed by atoms with Gasteiger partial charge in [0.1, 0.15) is 0 Å². The number of piperidine rings is 1. The number of nitrogens with zero attached hydrogens (tertiary/aromatic N) is 2. The van der Waals surface area contributed by atoms with Gasteiger partial charge >= 0.3 is 0 Å². The van der Waals surface area contributed by atoms with Crippen molar-refractivity contribution in [2.75, 3.05) is 32.0 Å². The molecule has 2 aromatic carbocycles. The van der Waals surface area contributed by atoms with Crippen molar-refractivity contribution in [1.29, 1.82) is 0 Å². The third-order valence-corrected chi connectivity index (χ3v) is 8.54. The number of aromatic nitrogens is 1. The van der Waals surface area contributed by atoms with Gasteiger partial charge in [-0.05, 0) is 81.6 Å². The highest BCUT2D eigenvalue weighted by Gasteiger charge is 2.24. The number of anilines is 1. The molecule has 3 aromatic rings. The van der Waals surface area contributed by atoms with Crippen molar-refractivity contribution >= 4 is 32.5 Å². The predicted octanol–water partition coefficient (Wildman–Crippen LogP) is 4.01. The Balaban J connectivity index is 1.29. The number of likely N-dealkylation sites (tertiary alicyclic amines) is 1. The number of amides is 1. The molecule has 1 aliphatic heterocycles. The Kier molecular flexibility index (Phi) is 6.88. The minimum atomic E-state index is -3.53. The molecule has 4 rings (SSSR count). The maximum absolute atomic E-state index is 12.6. The lowest BCUT2D eigenvalue weighted by molar-refractivity contribution is -0.117. The number of sulfonamides is 1. The average molecular weight is 469 g/mol. The Morgan fingerprint density at radius 3 is 2.42 bits per heavy atom. The Labute approximate surface area is 195 Å². The van der Waals surface area contributed by atoms with Crippen LogP contribution in [0, 0.1) is 0 Å². The molecule has 0 aliphatic carbocycles. The number of carbonyl (C=O) groups excluding carboxylic acids is 1. The van der Waals surface area contributed by atoms with E-state index >= 15 is 0 Å². The zero-order valence-electron chi connectivity index (χ0n) is 19.4.